The van der Waals surface area contributed by atoms with Crippen LogP contribution in [0.3, 0.4) is 0 Å². The third-order valence-corrected chi connectivity index (χ3v) is 5.05. The van der Waals surface area contributed by atoms with Crippen LogP contribution in [0.2, 0.25) is 0 Å². The number of aromatic nitrogens is 1. The highest BCUT2D eigenvalue weighted by molar-refractivity contribution is 7.93. The quantitative estimate of drug-likeness (QED) is 0.864. The Hall–Kier alpha value is -1.14. The van der Waals surface area contributed by atoms with Crippen molar-refractivity contribution in [1.82, 2.24) is 10.3 Å². The smallest absolute Gasteiger partial charge is 0.236 e. The van der Waals surface area contributed by atoms with Crippen LogP contribution in [0.1, 0.15) is 24.1 Å². The molecule has 0 aliphatic carbocycles. The summed E-state index contributed by atoms with van der Waals surface area (Å²) in [6.45, 7) is 5.11. The molecule has 2 N–H and O–H groups in total. The van der Waals surface area contributed by atoms with E-state index in [-0.39, 0.29) is 5.25 Å². The molecule has 2 rings (SSSR count). The van der Waals surface area contributed by atoms with E-state index < -0.39 is 10.0 Å². The van der Waals surface area contributed by atoms with Crippen LogP contribution in [0.15, 0.2) is 12.3 Å². The molecule has 1 aliphatic rings. The van der Waals surface area contributed by atoms with Gasteiger partial charge in [-0.15, -0.1) is 0 Å². The molecular weight excluding hydrogens is 250 g/mol. The standard InChI is InChI=1S/C12H19N3O2S/c1-9-5-7-14-10(2)12(9)15-18(16,17)11-4-3-6-13-8-11/h5,7,11,13,15H,3-4,6,8H2,1-2H3. The largest absolute Gasteiger partial charge is 0.315 e. The summed E-state index contributed by atoms with van der Waals surface area (Å²) in [5.74, 6) is 0. The summed E-state index contributed by atoms with van der Waals surface area (Å²) in [5.41, 5.74) is 2.22. The highest BCUT2D eigenvalue weighted by Gasteiger charge is 2.27. The molecule has 1 aromatic rings. The molecule has 0 spiro atoms. The minimum atomic E-state index is -3.33. The lowest BCUT2D eigenvalue weighted by Gasteiger charge is -2.24. The number of pyridine rings is 1. The molecule has 1 fully saturated rings. The van der Waals surface area contributed by atoms with Crippen LogP contribution < -0.4 is 10.0 Å². The first-order valence-electron chi connectivity index (χ1n) is 6.15. The maximum atomic E-state index is 12.3. The number of piperidine rings is 1. The Labute approximate surface area is 108 Å². The van der Waals surface area contributed by atoms with Gasteiger partial charge in [0.1, 0.15) is 0 Å². The number of hydrogen-bond donors (Lipinski definition) is 2. The van der Waals surface area contributed by atoms with Crippen molar-refractivity contribution in [2.75, 3.05) is 17.8 Å². The Morgan fingerprint density at radius 3 is 2.83 bits per heavy atom. The second kappa shape index (κ2) is 5.24. The molecule has 18 heavy (non-hydrogen) atoms. The number of aryl methyl sites for hydroxylation is 2. The first-order chi connectivity index (χ1) is 8.50. The van der Waals surface area contributed by atoms with Crippen LogP contribution in [0.4, 0.5) is 5.69 Å². The zero-order valence-electron chi connectivity index (χ0n) is 10.7. The van der Waals surface area contributed by atoms with Gasteiger partial charge in [-0.3, -0.25) is 9.71 Å². The topological polar surface area (TPSA) is 71.1 Å². The number of hydrogen-bond acceptors (Lipinski definition) is 4. The summed E-state index contributed by atoms with van der Waals surface area (Å²) < 4.78 is 27.3. The van der Waals surface area contributed by atoms with Gasteiger partial charge in [0, 0.05) is 12.7 Å². The molecule has 5 nitrogen and oxygen atoms in total. The van der Waals surface area contributed by atoms with Crippen LogP contribution in [-0.2, 0) is 10.0 Å². The third kappa shape index (κ3) is 2.81. The van der Waals surface area contributed by atoms with E-state index in [4.69, 9.17) is 0 Å². The van der Waals surface area contributed by atoms with Crippen molar-refractivity contribution >= 4 is 15.7 Å². The molecule has 2 heterocycles. The van der Waals surface area contributed by atoms with Gasteiger partial charge >= 0.3 is 0 Å². The monoisotopic (exact) mass is 269 g/mol. The second-order valence-corrected chi connectivity index (χ2v) is 6.66. The summed E-state index contributed by atoms with van der Waals surface area (Å²) in [4.78, 5) is 4.13. The van der Waals surface area contributed by atoms with Crippen LogP contribution >= 0.6 is 0 Å². The minimum absolute atomic E-state index is 0.356. The maximum Gasteiger partial charge on any atom is 0.236 e. The lowest BCUT2D eigenvalue weighted by atomic mass is 10.2. The lowest BCUT2D eigenvalue weighted by Crippen LogP contribution is -2.41. The van der Waals surface area contributed by atoms with Crippen molar-refractivity contribution < 1.29 is 8.42 Å². The number of rotatable bonds is 3. The summed E-state index contributed by atoms with van der Waals surface area (Å²) in [5, 5.41) is 2.76. The first-order valence-corrected chi connectivity index (χ1v) is 7.70. The molecule has 0 radical (unpaired) electrons. The summed E-state index contributed by atoms with van der Waals surface area (Å²) in [7, 11) is -3.33. The summed E-state index contributed by atoms with van der Waals surface area (Å²) in [6.07, 6.45) is 3.29. The molecule has 0 aromatic carbocycles. The van der Waals surface area contributed by atoms with E-state index >= 15 is 0 Å². The van der Waals surface area contributed by atoms with Crippen molar-refractivity contribution in [1.29, 1.82) is 0 Å². The molecule has 1 aliphatic heterocycles. The van der Waals surface area contributed by atoms with E-state index in [9.17, 15) is 8.42 Å². The summed E-state index contributed by atoms with van der Waals surface area (Å²) >= 11 is 0. The molecule has 0 saturated carbocycles. The Kier molecular flexibility index (Phi) is 3.87. The van der Waals surface area contributed by atoms with Crippen molar-refractivity contribution in [3.05, 3.63) is 23.5 Å². The van der Waals surface area contributed by atoms with E-state index in [2.05, 4.69) is 15.0 Å². The van der Waals surface area contributed by atoms with Gasteiger partial charge in [0.15, 0.2) is 0 Å². The fourth-order valence-electron chi connectivity index (χ4n) is 2.16. The molecule has 1 atom stereocenters. The average molecular weight is 269 g/mol. The lowest BCUT2D eigenvalue weighted by molar-refractivity contribution is 0.499. The highest BCUT2D eigenvalue weighted by Crippen LogP contribution is 2.21. The highest BCUT2D eigenvalue weighted by atomic mass is 32.2. The van der Waals surface area contributed by atoms with E-state index in [1.165, 1.54) is 0 Å². The van der Waals surface area contributed by atoms with Gasteiger partial charge in [-0.1, -0.05) is 0 Å². The fraction of sp³-hybridized carbons (Fsp3) is 0.583. The molecule has 1 aromatic heterocycles. The predicted octanol–water partition coefficient (Wildman–Crippen LogP) is 1.19. The van der Waals surface area contributed by atoms with Crippen LogP contribution in [0.25, 0.3) is 0 Å². The van der Waals surface area contributed by atoms with Crippen molar-refractivity contribution in [3.63, 3.8) is 0 Å². The second-order valence-electron chi connectivity index (χ2n) is 4.70. The van der Waals surface area contributed by atoms with Gasteiger partial charge in [-0.2, -0.15) is 0 Å². The van der Waals surface area contributed by atoms with Gasteiger partial charge in [0.2, 0.25) is 10.0 Å². The van der Waals surface area contributed by atoms with E-state index in [1.807, 2.05) is 19.9 Å². The van der Waals surface area contributed by atoms with E-state index in [0.717, 1.165) is 18.5 Å². The number of nitrogens with one attached hydrogen (secondary N) is 2. The Bertz CT molecular complexity index is 502. The molecular formula is C12H19N3O2S. The van der Waals surface area contributed by atoms with Gasteiger partial charge in [-0.25, -0.2) is 8.42 Å². The van der Waals surface area contributed by atoms with Gasteiger partial charge in [0.25, 0.3) is 0 Å². The molecule has 0 amide bonds. The van der Waals surface area contributed by atoms with Crippen LogP contribution in [0.5, 0.6) is 0 Å². The first kappa shape index (κ1) is 13.3. The van der Waals surface area contributed by atoms with Crippen LogP contribution in [-0.4, -0.2) is 31.7 Å². The normalized spacial score (nSPS) is 20.7. The van der Waals surface area contributed by atoms with Crippen molar-refractivity contribution in [2.24, 2.45) is 0 Å². The van der Waals surface area contributed by atoms with E-state index in [0.29, 0.717) is 24.3 Å². The minimum Gasteiger partial charge on any atom is -0.315 e. The Morgan fingerprint density at radius 1 is 1.44 bits per heavy atom. The third-order valence-electron chi connectivity index (χ3n) is 3.28. The average Bonchev–Trinajstić information content (AvgIpc) is 2.35. The zero-order valence-corrected chi connectivity index (χ0v) is 11.5. The van der Waals surface area contributed by atoms with Crippen LogP contribution in [0, 0.1) is 13.8 Å². The molecule has 1 saturated heterocycles. The molecule has 0 bridgehead atoms. The molecule has 100 valence electrons. The molecule has 6 heteroatoms. The zero-order chi connectivity index (χ0) is 13.2. The van der Waals surface area contributed by atoms with Gasteiger partial charge in [0.05, 0.1) is 16.6 Å². The molecule has 1 unspecified atom stereocenters. The Balaban J connectivity index is 2.22. The van der Waals surface area contributed by atoms with Gasteiger partial charge in [-0.05, 0) is 44.9 Å². The number of anilines is 1. The predicted molar refractivity (Wildman–Crippen MR) is 72.1 cm³/mol. The SMILES string of the molecule is Cc1ccnc(C)c1NS(=O)(=O)C1CCCNC1. The number of nitrogens with zero attached hydrogens (tertiary/aromatic N) is 1. The summed E-state index contributed by atoms with van der Waals surface area (Å²) in [6, 6.07) is 1.81. The number of sulfonamides is 1. The van der Waals surface area contributed by atoms with Crippen molar-refractivity contribution in [2.45, 2.75) is 31.9 Å². The maximum absolute atomic E-state index is 12.3. The Morgan fingerprint density at radius 2 is 2.22 bits per heavy atom. The van der Waals surface area contributed by atoms with Gasteiger partial charge < -0.3 is 5.32 Å². The van der Waals surface area contributed by atoms with Crippen molar-refractivity contribution in [3.8, 4) is 0 Å². The fourth-order valence-corrected chi connectivity index (χ4v) is 3.73. The van der Waals surface area contributed by atoms with E-state index in [1.54, 1.807) is 6.20 Å².